The number of hydrogen-bond acceptors (Lipinski definition) is 13. The molecule has 2 saturated heterocycles. The average molecular weight is 826 g/mol. The van der Waals surface area contributed by atoms with Crippen LogP contribution in [-0.2, 0) is 19.6 Å². The quantitative estimate of drug-likeness (QED) is 0.0555. The Bertz CT molecular complexity index is 2590. The topological polar surface area (TPSA) is 166 Å². The number of hydrogen-bond donors (Lipinski definition) is 5. The molecule has 0 spiro atoms. The van der Waals surface area contributed by atoms with Gasteiger partial charge in [-0.15, -0.1) is 0 Å². The van der Waals surface area contributed by atoms with Crippen molar-refractivity contribution in [1.82, 2.24) is 15.0 Å². The monoisotopic (exact) mass is 825 g/mol. The number of morpholine rings is 2. The van der Waals surface area contributed by atoms with E-state index in [0.29, 0.717) is 62.7 Å². The molecule has 1 aromatic heterocycles. The molecule has 0 unspecified atom stereocenters. The SMILES string of the molecule is Cc1ccccc1Nc1cc(Nc2ccc(C=Cc3ccc(Nc4nc(Nc5ccccc5C)nc(N5CCOCC5)n4)cc3S(=O)(=O)O)cc2)cc(N2CCOCC2)c1. The summed E-state index contributed by atoms with van der Waals surface area (Å²) in [5.74, 6) is 0.969. The van der Waals surface area contributed by atoms with Crippen molar-refractivity contribution < 1.29 is 22.4 Å². The van der Waals surface area contributed by atoms with Gasteiger partial charge in [-0.1, -0.05) is 66.7 Å². The first-order valence-electron chi connectivity index (χ1n) is 19.8. The summed E-state index contributed by atoms with van der Waals surface area (Å²) in [7, 11) is -4.62. The maximum Gasteiger partial charge on any atom is 0.295 e. The van der Waals surface area contributed by atoms with Crippen molar-refractivity contribution in [3.05, 3.63) is 131 Å². The highest BCUT2D eigenvalue weighted by Crippen LogP contribution is 2.32. The summed E-state index contributed by atoms with van der Waals surface area (Å²) in [5.41, 5.74) is 9.45. The van der Waals surface area contributed by atoms with Crippen molar-refractivity contribution in [2.75, 3.05) is 83.7 Å². The van der Waals surface area contributed by atoms with Crippen LogP contribution in [0.1, 0.15) is 22.3 Å². The number of rotatable bonds is 13. The number of para-hydroxylation sites is 2. The molecule has 308 valence electrons. The standard InChI is InChI=1S/C45H47N9O5S/c1-31-7-3-5-9-40(31)47-38-27-37(28-39(29-38)53-19-23-58-24-20-53)46-35-16-12-33(13-17-35)11-14-34-15-18-36(30-42(34)60(55,56)57)48-43-50-44(49-41-10-6-4-8-32(41)2)52-45(51-43)54-21-25-59-26-22-54/h3-18,27-30,46-47H,19-26H2,1-2H3,(H,55,56,57)(H2,48,49,50,51,52). The second-order valence-corrected chi connectivity index (χ2v) is 16.0. The van der Waals surface area contributed by atoms with Crippen LogP contribution in [0.5, 0.6) is 0 Å². The van der Waals surface area contributed by atoms with Gasteiger partial charge in [0.05, 0.1) is 26.4 Å². The van der Waals surface area contributed by atoms with Crippen LogP contribution in [0.15, 0.2) is 114 Å². The number of aromatic nitrogens is 3. The van der Waals surface area contributed by atoms with Gasteiger partial charge in [0.15, 0.2) is 0 Å². The smallest absolute Gasteiger partial charge is 0.295 e. The second kappa shape index (κ2) is 18.2. The lowest BCUT2D eigenvalue weighted by molar-refractivity contribution is 0.122. The first-order chi connectivity index (χ1) is 29.1. The van der Waals surface area contributed by atoms with Crippen molar-refractivity contribution in [3.8, 4) is 0 Å². The van der Waals surface area contributed by atoms with E-state index < -0.39 is 10.1 Å². The third kappa shape index (κ3) is 10.2. The Morgan fingerprint density at radius 2 is 1.15 bits per heavy atom. The van der Waals surface area contributed by atoms with Gasteiger partial charge in [0.2, 0.25) is 17.8 Å². The molecule has 6 aromatic rings. The van der Waals surface area contributed by atoms with E-state index in [0.717, 1.165) is 63.9 Å². The summed E-state index contributed by atoms with van der Waals surface area (Å²) in [6.45, 7) is 9.37. The predicted octanol–water partition coefficient (Wildman–Crippen LogP) is 8.55. The Morgan fingerprint density at radius 1 is 0.583 bits per heavy atom. The molecule has 0 aliphatic carbocycles. The minimum atomic E-state index is -4.62. The van der Waals surface area contributed by atoms with E-state index in [9.17, 15) is 13.0 Å². The largest absolute Gasteiger partial charge is 0.378 e. The highest BCUT2D eigenvalue weighted by atomic mass is 32.2. The Balaban J connectivity index is 1.00. The van der Waals surface area contributed by atoms with Crippen LogP contribution >= 0.6 is 0 Å². The maximum atomic E-state index is 12.7. The second-order valence-electron chi connectivity index (χ2n) is 14.6. The maximum absolute atomic E-state index is 12.7. The van der Waals surface area contributed by atoms with Crippen LogP contribution in [0.2, 0.25) is 0 Å². The van der Waals surface area contributed by atoms with E-state index in [-0.39, 0.29) is 10.8 Å². The van der Waals surface area contributed by atoms with Crippen molar-refractivity contribution in [1.29, 1.82) is 0 Å². The summed E-state index contributed by atoms with van der Waals surface area (Å²) in [5, 5.41) is 13.5. The molecule has 2 aliphatic rings. The van der Waals surface area contributed by atoms with Gasteiger partial charge < -0.3 is 40.5 Å². The normalized spacial score (nSPS) is 14.6. The molecule has 2 fully saturated rings. The molecule has 0 radical (unpaired) electrons. The van der Waals surface area contributed by atoms with Gasteiger partial charge in [-0.3, -0.25) is 4.55 Å². The van der Waals surface area contributed by atoms with E-state index >= 15 is 0 Å². The Labute approximate surface area is 350 Å². The number of aryl methyl sites for hydroxylation is 2. The molecular weight excluding hydrogens is 779 g/mol. The Hall–Kier alpha value is -6.52. The molecule has 0 amide bonds. The molecule has 60 heavy (non-hydrogen) atoms. The molecule has 8 rings (SSSR count). The van der Waals surface area contributed by atoms with Crippen molar-refractivity contribution >= 4 is 79.9 Å². The van der Waals surface area contributed by atoms with Gasteiger partial charge >= 0.3 is 0 Å². The van der Waals surface area contributed by atoms with Crippen molar-refractivity contribution in [2.24, 2.45) is 0 Å². The van der Waals surface area contributed by atoms with Crippen LogP contribution in [0, 0.1) is 13.8 Å². The molecule has 14 nitrogen and oxygen atoms in total. The number of benzene rings is 5. The minimum Gasteiger partial charge on any atom is -0.378 e. The van der Waals surface area contributed by atoms with Crippen LogP contribution < -0.4 is 31.1 Å². The fourth-order valence-corrected chi connectivity index (χ4v) is 7.69. The molecule has 0 bridgehead atoms. The van der Waals surface area contributed by atoms with Gasteiger partial charge in [0, 0.05) is 66.0 Å². The van der Waals surface area contributed by atoms with Crippen LogP contribution in [0.3, 0.4) is 0 Å². The predicted molar refractivity (Wildman–Crippen MR) is 239 cm³/mol. The zero-order valence-electron chi connectivity index (χ0n) is 33.4. The van der Waals surface area contributed by atoms with E-state index in [4.69, 9.17) is 9.47 Å². The summed E-state index contributed by atoms with van der Waals surface area (Å²) in [6, 6.07) is 34.9. The van der Waals surface area contributed by atoms with Gasteiger partial charge in [-0.25, -0.2) is 0 Å². The first kappa shape index (κ1) is 40.3. The van der Waals surface area contributed by atoms with Crippen molar-refractivity contribution in [3.63, 3.8) is 0 Å². The third-order valence-electron chi connectivity index (χ3n) is 10.2. The molecule has 2 aliphatic heterocycles. The lowest BCUT2D eigenvalue weighted by Gasteiger charge is -2.30. The summed E-state index contributed by atoms with van der Waals surface area (Å²) in [4.78, 5) is 18.0. The van der Waals surface area contributed by atoms with Gasteiger partial charge in [0.25, 0.3) is 10.1 Å². The fourth-order valence-electron chi connectivity index (χ4n) is 6.98. The molecule has 0 saturated carbocycles. The zero-order chi connectivity index (χ0) is 41.5. The van der Waals surface area contributed by atoms with E-state index in [1.807, 2.05) is 72.5 Å². The number of ether oxygens (including phenoxy) is 2. The van der Waals surface area contributed by atoms with Gasteiger partial charge in [-0.05, 0) is 90.7 Å². The van der Waals surface area contributed by atoms with E-state index in [2.05, 4.69) is 78.4 Å². The number of nitrogens with zero attached hydrogens (tertiary/aromatic N) is 5. The van der Waals surface area contributed by atoms with Gasteiger partial charge in [0.1, 0.15) is 4.90 Å². The molecule has 5 N–H and O–H groups in total. The summed E-state index contributed by atoms with van der Waals surface area (Å²) in [6.07, 6.45) is 3.46. The fraction of sp³-hybridized carbons (Fsp3) is 0.222. The highest BCUT2D eigenvalue weighted by molar-refractivity contribution is 7.86. The van der Waals surface area contributed by atoms with Crippen LogP contribution in [-0.4, -0.2) is 80.5 Å². The highest BCUT2D eigenvalue weighted by Gasteiger charge is 2.20. The van der Waals surface area contributed by atoms with Crippen molar-refractivity contribution in [2.45, 2.75) is 18.7 Å². The Kier molecular flexibility index (Phi) is 12.2. The van der Waals surface area contributed by atoms with E-state index in [1.54, 1.807) is 24.3 Å². The average Bonchev–Trinajstić information content (AvgIpc) is 3.25. The minimum absolute atomic E-state index is 0.201. The molecule has 15 heteroatoms. The summed E-state index contributed by atoms with van der Waals surface area (Å²) >= 11 is 0. The van der Waals surface area contributed by atoms with Crippen LogP contribution in [0.25, 0.3) is 12.2 Å². The lowest BCUT2D eigenvalue weighted by atomic mass is 10.1. The third-order valence-corrected chi connectivity index (χ3v) is 11.1. The first-order valence-corrected chi connectivity index (χ1v) is 21.2. The van der Waals surface area contributed by atoms with E-state index in [1.165, 1.54) is 6.07 Å². The number of nitrogens with one attached hydrogen (secondary N) is 4. The molecule has 5 aromatic carbocycles. The van der Waals surface area contributed by atoms with Crippen LogP contribution in [0.4, 0.5) is 57.7 Å². The molecular formula is C45H47N9O5S. The lowest BCUT2D eigenvalue weighted by Crippen LogP contribution is -2.37. The number of anilines is 10. The van der Waals surface area contributed by atoms with Gasteiger partial charge in [-0.2, -0.15) is 23.4 Å². The molecule has 0 atom stereocenters. The Morgan fingerprint density at radius 3 is 1.78 bits per heavy atom. The summed E-state index contributed by atoms with van der Waals surface area (Å²) < 4.78 is 46.9. The zero-order valence-corrected chi connectivity index (χ0v) is 34.2. The molecule has 3 heterocycles.